The quantitative estimate of drug-likeness (QED) is 0.675. The molecule has 1 atom stereocenters. The normalized spacial score (nSPS) is 12.7. The first-order chi connectivity index (χ1) is 7.24. The summed E-state index contributed by atoms with van der Waals surface area (Å²) in [5, 5.41) is 0. The molecule has 0 heterocycles. The van der Waals surface area contributed by atoms with Gasteiger partial charge in [-0.1, -0.05) is 38.3 Å². The molecule has 0 amide bonds. The highest BCUT2D eigenvalue weighted by molar-refractivity contribution is 7.84. The Bertz CT molecular complexity index is 303. The van der Waals surface area contributed by atoms with Crippen LogP contribution in [0.25, 0.3) is 0 Å². The molecule has 0 aromatic heterocycles. The van der Waals surface area contributed by atoms with Crippen LogP contribution in [0.15, 0.2) is 29.2 Å². The molecule has 84 valence electrons. The molecule has 0 aliphatic carbocycles. The topological polar surface area (TPSA) is 17.1 Å². The molecule has 0 N–H and O–H groups in total. The van der Waals surface area contributed by atoms with Crippen molar-refractivity contribution in [2.24, 2.45) is 0 Å². The van der Waals surface area contributed by atoms with Crippen molar-refractivity contribution in [1.29, 1.82) is 0 Å². The molecule has 0 fully saturated rings. The average molecular weight is 224 g/mol. The Morgan fingerprint density at radius 1 is 1.07 bits per heavy atom. The molecule has 0 aliphatic heterocycles. The summed E-state index contributed by atoms with van der Waals surface area (Å²) in [4.78, 5) is 0.923. The van der Waals surface area contributed by atoms with Gasteiger partial charge in [0.1, 0.15) is 0 Å². The molecule has 1 unspecified atom stereocenters. The molecule has 1 nitrogen and oxygen atoms in total. The highest BCUT2D eigenvalue weighted by atomic mass is 32.2. The molecular weight excluding hydrogens is 204 g/mol. The Morgan fingerprint density at radius 3 is 2.27 bits per heavy atom. The lowest BCUT2D eigenvalue weighted by atomic mass is 10.1. The van der Waals surface area contributed by atoms with Crippen LogP contribution in [0.1, 0.15) is 38.2 Å². The van der Waals surface area contributed by atoms with E-state index in [2.05, 4.69) is 19.1 Å². The van der Waals surface area contributed by atoms with Crippen molar-refractivity contribution >= 4 is 10.8 Å². The Balaban J connectivity index is 2.39. The lowest BCUT2D eigenvalue weighted by Gasteiger charge is -2.02. The van der Waals surface area contributed by atoms with Crippen LogP contribution in [0, 0.1) is 0 Å². The fraction of sp³-hybridized carbons (Fsp3) is 0.538. The Kier molecular flexibility index (Phi) is 5.62. The molecule has 2 heteroatoms. The number of rotatable bonds is 6. The van der Waals surface area contributed by atoms with Gasteiger partial charge in [0.15, 0.2) is 0 Å². The molecular formula is C13H20OS. The van der Waals surface area contributed by atoms with Crippen molar-refractivity contribution in [3.8, 4) is 0 Å². The number of aryl methyl sites for hydroxylation is 1. The monoisotopic (exact) mass is 224 g/mol. The summed E-state index contributed by atoms with van der Waals surface area (Å²) in [5.74, 6) is 0. The van der Waals surface area contributed by atoms with Crippen LogP contribution in [-0.4, -0.2) is 10.5 Å². The zero-order valence-corrected chi connectivity index (χ0v) is 10.5. The molecule has 0 saturated carbocycles. The largest absolute Gasteiger partial charge is 0.255 e. The van der Waals surface area contributed by atoms with Crippen LogP contribution < -0.4 is 0 Å². The number of unbranched alkanes of at least 4 members (excludes halogenated alkanes) is 3. The zero-order chi connectivity index (χ0) is 11.1. The van der Waals surface area contributed by atoms with Gasteiger partial charge in [-0.3, -0.25) is 4.21 Å². The molecule has 1 aromatic rings. The summed E-state index contributed by atoms with van der Waals surface area (Å²) in [5.41, 5.74) is 1.36. The van der Waals surface area contributed by atoms with Crippen LogP contribution in [0.4, 0.5) is 0 Å². The van der Waals surface area contributed by atoms with Gasteiger partial charge >= 0.3 is 0 Å². The highest BCUT2D eigenvalue weighted by Gasteiger charge is 1.97. The zero-order valence-electron chi connectivity index (χ0n) is 9.66. The van der Waals surface area contributed by atoms with Gasteiger partial charge in [-0.25, -0.2) is 0 Å². The summed E-state index contributed by atoms with van der Waals surface area (Å²) in [6, 6.07) is 8.15. The molecule has 0 saturated heterocycles. The summed E-state index contributed by atoms with van der Waals surface area (Å²) < 4.78 is 11.2. The van der Waals surface area contributed by atoms with Gasteiger partial charge in [0.2, 0.25) is 0 Å². The van der Waals surface area contributed by atoms with Crippen LogP contribution >= 0.6 is 0 Å². The lowest BCUT2D eigenvalue weighted by Crippen LogP contribution is -1.89. The van der Waals surface area contributed by atoms with Gasteiger partial charge in [-0.05, 0) is 30.5 Å². The number of benzene rings is 1. The summed E-state index contributed by atoms with van der Waals surface area (Å²) in [6.45, 7) is 2.23. The van der Waals surface area contributed by atoms with Crippen molar-refractivity contribution in [2.75, 3.05) is 6.26 Å². The number of hydrogen-bond acceptors (Lipinski definition) is 1. The highest BCUT2D eigenvalue weighted by Crippen LogP contribution is 2.11. The van der Waals surface area contributed by atoms with Crippen molar-refractivity contribution in [3.05, 3.63) is 29.8 Å². The van der Waals surface area contributed by atoms with Crippen LogP contribution in [-0.2, 0) is 17.2 Å². The van der Waals surface area contributed by atoms with E-state index in [0.717, 1.165) is 11.3 Å². The van der Waals surface area contributed by atoms with Gasteiger partial charge in [-0.2, -0.15) is 0 Å². The minimum atomic E-state index is -0.846. The maximum absolute atomic E-state index is 11.2. The second-order valence-electron chi connectivity index (χ2n) is 3.91. The Hall–Kier alpha value is -0.630. The minimum absolute atomic E-state index is 0.846. The second kappa shape index (κ2) is 6.78. The van der Waals surface area contributed by atoms with E-state index in [0.29, 0.717) is 0 Å². The maximum Gasteiger partial charge on any atom is 0.0498 e. The Morgan fingerprint density at radius 2 is 1.73 bits per heavy atom. The fourth-order valence-corrected chi connectivity index (χ4v) is 2.12. The van der Waals surface area contributed by atoms with E-state index < -0.39 is 10.8 Å². The first-order valence-electron chi connectivity index (χ1n) is 5.66. The average Bonchev–Trinajstić information content (AvgIpc) is 2.25. The molecule has 0 bridgehead atoms. The summed E-state index contributed by atoms with van der Waals surface area (Å²) in [6.07, 6.45) is 8.07. The van der Waals surface area contributed by atoms with E-state index in [1.54, 1.807) is 6.26 Å². The Labute approximate surface area is 95.4 Å². The van der Waals surface area contributed by atoms with Crippen LogP contribution in [0.5, 0.6) is 0 Å². The smallest absolute Gasteiger partial charge is 0.0498 e. The second-order valence-corrected chi connectivity index (χ2v) is 5.29. The van der Waals surface area contributed by atoms with Crippen molar-refractivity contribution in [2.45, 2.75) is 43.9 Å². The maximum atomic E-state index is 11.2. The SMILES string of the molecule is CCCCCCc1ccc(S(C)=O)cc1. The van der Waals surface area contributed by atoms with E-state index in [1.165, 1.54) is 31.2 Å². The third kappa shape index (κ3) is 4.61. The van der Waals surface area contributed by atoms with E-state index in [1.807, 2.05) is 12.1 Å². The van der Waals surface area contributed by atoms with Crippen LogP contribution in [0.2, 0.25) is 0 Å². The van der Waals surface area contributed by atoms with E-state index in [-0.39, 0.29) is 0 Å². The molecule has 15 heavy (non-hydrogen) atoms. The van der Waals surface area contributed by atoms with Crippen molar-refractivity contribution < 1.29 is 4.21 Å². The summed E-state index contributed by atoms with van der Waals surface area (Å²) in [7, 11) is -0.846. The first-order valence-corrected chi connectivity index (χ1v) is 7.22. The molecule has 1 aromatic carbocycles. The van der Waals surface area contributed by atoms with Gasteiger partial charge in [-0.15, -0.1) is 0 Å². The van der Waals surface area contributed by atoms with Gasteiger partial charge in [0.05, 0.1) is 0 Å². The summed E-state index contributed by atoms with van der Waals surface area (Å²) >= 11 is 0. The van der Waals surface area contributed by atoms with Crippen molar-refractivity contribution in [1.82, 2.24) is 0 Å². The van der Waals surface area contributed by atoms with Gasteiger partial charge < -0.3 is 0 Å². The first kappa shape index (κ1) is 12.4. The molecule has 0 aliphatic rings. The predicted octanol–water partition coefficient (Wildman–Crippen LogP) is 3.55. The van der Waals surface area contributed by atoms with Gasteiger partial charge in [0.25, 0.3) is 0 Å². The molecule has 0 spiro atoms. The lowest BCUT2D eigenvalue weighted by molar-refractivity contribution is 0.666. The predicted molar refractivity (Wildman–Crippen MR) is 66.6 cm³/mol. The fourth-order valence-electron chi connectivity index (χ4n) is 1.60. The molecule has 1 rings (SSSR count). The van der Waals surface area contributed by atoms with Crippen LogP contribution in [0.3, 0.4) is 0 Å². The van der Waals surface area contributed by atoms with Gasteiger partial charge in [0, 0.05) is 22.0 Å². The van der Waals surface area contributed by atoms with E-state index in [4.69, 9.17) is 0 Å². The van der Waals surface area contributed by atoms with Crippen molar-refractivity contribution in [3.63, 3.8) is 0 Å². The standard InChI is InChI=1S/C13H20OS/c1-3-4-5-6-7-12-8-10-13(11-9-12)15(2)14/h8-11H,3-7H2,1-2H3. The number of hydrogen-bond donors (Lipinski definition) is 0. The third-order valence-corrected chi connectivity index (χ3v) is 3.51. The van der Waals surface area contributed by atoms with E-state index >= 15 is 0 Å². The third-order valence-electron chi connectivity index (χ3n) is 2.57. The van der Waals surface area contributed by atoms with E-state index in [9.17, 15) is 4.21 Å². The molecule has 0 radical (unpaired) electrons. The minimum Gasteiger partial charge on any atom is -0.255 e.